The lowest BCUT2D eigenvalue weighted by molar-refractivity contribution is -0.121. The van der Waals surface area contributed by atoms with Gasteiger partial charge in [-0.25, -0.2) is 0 Å². The first-order valence-corrected chi connectivity index (χ1v) is 8.54. The van der Waals surface area contributed by atoms with Gasteiger partial charge in [0.25, 0.3) is 0 Å². The average molecular weight is 305 g/mol. The Morgan fingerprint density at radius 2 is 2.23 bits per heavy atom. The summed E-state index contributed by atoms with van der Waals surface area (Å²) in [6.07, 6.45) is 6.89. The first-order valence-electron chi connectivity index (χ1n) is 8.54. The summed E-state index contributed by atoms with van der Waals surface area (Å²) < 4.78 is 1.76. The van der Waals surface area contributed by atoms with Gasteiger partial charge >= 0.3 is 0 Å². The van der Waals surface area contributed by atoms with E-state index in [0.29, 0.717) is 12.5 Å². The van der Waals surface area contributed by atoms with E-state index >= 15 is 0 Å². The number of hydrogen-bond donors (Lipinski definition) is 2. The molecule has 0 spiro atoms. The third-order valence-electron chi connectivity index (χ3n) is 4.63. The molecule has 0 bridgehead atoms. The number of amides is 1. The molecule has 0 aliphatic carbocycles. The molecule has 2 N–H and O–H groups in total. The summed E-state index contributed by atoms with van der Waals surface area (Å²) in [6, 6.07) is 2.05. The zero-order valence-corrected chi connectivity index (χ0v) is 13.3. The Balaban J connectivity index is 1.40. The fraction of sp³-hybridized carbons (Fsp3) is 0.750. The SMILES string of the molecule is O=C(Cn1ccc([C@H]2CCCNC2)n1)NCCN1CCCC1. The van der Waals surface area contributed by atoms with E-state index in [4.69, 9.17) is 0 Å². The second-order valence-corrected chi connectivity index (χ2v) is 6.38. The summed E-state index contributed by atoms with van der Waals surface area (Å²) >= 11 is 0. The first-order chi connectivity index (χ1) is 10.8. The normalized spacial score (nSPS) is 22.8. The van der Waals surface area contributed by atoms with Gasteiger partial charge in [-0.1, -0.05) is 0 Å². The van der Waals surface area contributed by atoms with E-state index in [1.54, 1.807) is 4.68 Å². The van der Waals surface area contributed by atoms with Gasteiger partial charge in [0.05, 0.1) is 5.69 Å². The van der Waals surface area contributed by atoms with E-state index in [2.05, 4.69) is 26.7 Å². The number of hydrogen-bond acceptors (Lipinski definition) is 4. The van der Waals surface area contributed by atoms with Gasteiger partial charge in [0.15, 0.2) is 0 Å². The van der Waals surface area contributed by atoms with E-state index < -0.39 is 0 Å². The minimum Gasteiger partial charge on any atom is -0.353 e. The first kappa shape index (κ1) is 15.5. The van der Waals surface area contributed by atoms with Crippen LogP contribution in [0.15, 0.2) is 12.3 Å². The van der Waals surface area contributed by atoms with E-state index in [9.17, 15) is 4.79 Å². The topological polar surface area (TPSA) is 62.2 Å². The van der Waals surface area contributed by atoms with Crippen molar-refractivity contribution in [2.24, 2.45) is 0 Å². The Morgan fingerprint density at radius 1 is 1.36 bits per heavy atom. The number of carbonyl (C=O) groups excluding carboxylic acids is 1. The summed E-state index contributed by atoms with van der Waals surface area (Å²) in [5, 5.41) is 11.0. The van der Waals surface area contributed by atoms with Gasteiger partial charge in [-0.15, -0.1) is 0 Å². The van der Waals surface area contributed by atoms with E-state index in [1.165, 1.54) is 38.8 Å². The van der Waals surface area contributed by atoms with Crippen LogP contribution in [0.3, 0.4) is 0 Å². The Labute approximate surface area is 132 Å². The number of likely N-dealkylation sites (tertiary alicyclic amines) is 1. The molecule has 1 aromatic rings. The molecule has 1 amide bonds. The maximum absolute atomic E-state index is 12.0. The molecule has 22 heavy (non-hydrogen) atoms. The van der Waals surface area contributed by atoms with Gasteiger partial charge in [-0.05, 0) is 51.4 Å². The van der Waals surface area contributed by atoms with Crippen molar-refractivity contribution in [2.75, 3.05) is 39.3 Å². The predicted octanol–water partition coefficient (Wildman–Crippen LogP) is 0.562. The molecule has 3 heterocycles. The molecule has 1 atom stereocenters. The Bertz CT molecular complexity index is 475. The van der Waals surface area contributed by atoms with Gasteiger partial charge in [0.2, 0.25) is 5.91 Å². The van der Waals surface area contributed by atoms with Crippen molar-refractivity contribution in [3.63, 3.8) is 0 Å². The lowest BCUT2D eigenvalue weighted by Crippen LogP contribution is -2.35. The highest BCUT2D eigenvalue weighted by Crippen LogP contribution is 2.21. The van der Waals surface area contributed by atoms with Crippen LogP contribution in [-0.4, -0.2) is 59.9 Å². The molecule has 6 heteroatoms. The van der Waals surface area contributed by atoms with Crippen LogP contribution < -0.4 is 10.6 Å². The van der Waals surface area contributed by atoms with Gasteiger partial charge in [0, 0.05) is 31.7 Å². The van der Waals surface area contributed by atoms with Gasteiger partial charge in [0.1, 0.15) is 6.54 Å². The van der Waals surface area contributed by atoms with Crippen molar-refractivity contribution in [1.29, 1.82) is 0 Å². The Kier molecular flexibility index (Phi) is 5.45. The smallest absolute Gasteiger partial charge is 0.241 e. The summed E-state index contributed by atoms with van der Waals surface area (Å²) in [5.41, 5.74) is 1.11. The van der Waals surface area contributed by atoms with Crippen LogP contribution >= 0.6 is 0 Å². The summed E-state index contributed by atoms with van der Waals surface area (Å²) in [5.74, 6) is 0.545. The van der Waals surface area contributed by atoms with Crippen LogP contribution in [-0.2, 0) is 11.3 Å². The quantitative estimate of drug-likeness (QED) is 0.806. The number of carbonyl (C=O) groups is 1. The molecular weight excluding hydrogens is 278 g/mol. The lowest BCUT2D eigenvalue weighted by atomic mass is 9.97. The van der Waals surface area contributed by atoms with Crippen molar-refractivity contribution < 1.29 is 4.79 Å². The number of aromatic nitrogens is 2. The van der Waals surface area contributed by atoms with Crippen LogP contribution in [0.5, 0.6) is 0 Å². The van der Waals surface area contributed by atoms with Crippen molar-refractivity contribution in [3.05, 3.63) is 18.0 Å². The van der Waals surface area contributed by atoms with Crippen LogP contribution in [0.4, 0.5) is 0 Å². The van der Waals surface area contributed by atoms with Crippen molar-refractivity contribution in [1.82, 2.24) is 25.3 Å². The molecule has 0 saturated carbocycles. The maximum Gasteiger partial charge on any atom is 0.241 e. The monoisotopic (exact) mass is 305 g/mol. The minimum atomic E-state index is 0.0515. The standard InChI is InChI=1S/C16H27N5O/c22-16(18-7-11-20-8-1-2-9-20)13-21-10-5-15(19-21)14-4-3-6-17-12-14/h5,10,14,17H,1-4,6-9,11-13H2,(H,18,22)/t14-/m0/s1. The summed E-state index contributed by atoms with van der Waals surface area (Å²) in [6.45, 7) is 6.47. The second kappa shape index (κ2) is 7.74. The van der Waals surface area contributed by atoms with Crippen LogP contribution in [0.2, 0.25) is 0 Å². The Morgan fingerprint density at radius 3 is 3.00 bits per heavy atom. The minimum absolute atomic E-state index is 0.0515. The molecule has 2 aliphatic rings. The second-order valence-electron chi connectivity index (χ2n) is 6.38. The third-order valence-corrected chi connectivity index (χ3v) is 4.63. The van der Waals surface area contributed by atoms with Gasteiger partial charge in [-0.2, -0.15) is 5.10 Å². The molecule has 6 nitrogen and oxygen atoms in total. The molecule has 0 aromatic carbocycles. The van der Waals surface area contributed by atoms with Gasteiger partial charge < -0.3 is 15.5 Å². The Hall–Kier alpha value is -1.40. The average Bonchev–Trinajstić information content (AvgIpc) is 3.20. The largest absolute Gasteiger partial charge is 0.353 e. The van der Waals surface area contributed by atoms with E-state index in [1.807, 2.05) is 6.20 Å². The molecule has 0 radical (unpaired) electrons. The highest BCUT2D eigenvalue weighted by Gasteiger charge is 2.18. The zero-order chi connectivity index (χ0) is 15.2. The van der Waals surface area contributed by atoms with Crippen molar-refractivity contribution >= 4 is 5.91 Å². The number of piperidine rings is 1. The van der Waals surface area contributed by atoms with E-state index in [-0.39, 0.29) is 5.91 Å². The summed E-state index contributed by atoms with van der Waals surface area (Å²) in [7, 11) is 0. The van der Waals surface area contributed by atoms with Crippen LogP contribution in [0, 0.1) is 0 Å². The number of nitrogens with zero attached hydrogens (tertiary/aromatic N) is 3. The fourth-order valence-electron chi connectivity index (χ4n) is 3.35. The maximum atomic E-state index is 12.0. The fourth-order valence-corrected chi connectivity index (χ4v) is 3.35. The molecule has 2 aliphatic heterocycles. The number of nitrogens with one attached hydrogen (secondary N) is 2. The third kappa shape index (κ3) is 4.30. The van der Waals surface area contributed by atoms with Crippen LogP contribution in [0.1, 0.15) is 37.3 Å². The van der Waals surface area contributed by atoms with E-state index in [0.717, 1.165) is 31.9 Å². The predicted molar refractivity (Wildman–Crippen MR) is 85.8 cm³/mol. The lowest BCUT2D eigenvalue weighted by Gasteiger charge is -2.20. The summed E-state index contributed by atoms with van der Waals surface area (Å²) in [4.78, 5) is 14.4. The molecular formula is C16H27N5O. The zero-order valence-electron chi connectivity index (χ0n) is 13.3. The molecule has 3 rings (SSSR count). The number of rotatable bonds is 6. The molecule has 0 unspecified atom stereocenters. The van der Waals surface area contributed by atoms with Gasteiger partial charge in [-0.3, -0.25) is 9.48 Å². The van der Waals surface area contributed by atoms with Crippen molar-refractivity contribution in [3.8, 4) is 0 Å². The van der Waals surface area contributed by atoms with Crippen molar-refractivity contribution in [2.45, 2.75) is 38.1 Å². The highest BCUT2D eigenvalue weighted by atomic mass is 16.2. The molecule has 1 aromatic heterocycles. The molecule has 2 saturated heterocycles. The highest BCUT2D eigenvalue weighted by molar-refractivity contribution is 5.75. The molecule has 2 fully saturated rings. The molecule has 122 valence electrons. The van der Waals surface area contributed by atoms with Crippen LogP contribution in [0.25, 0.3) is 0 Å².